The zero-order chi connectivity index (χ0) is 11.3. The van der Waals surface area contributed by atoms with E-state index in [0.717, 1.165) is 25.9 Å². The van der Waals surface area contributed by atoms with Crippen LogP contribution in [0.2, 0.25) is 0 Å². The zero-order valence-corrected chi connectivity index (χ0v) is 9.28. The average molecular weight is 214 g/mol. The number of carbonyl (C=O) groups is 2. The molecule has 0 aromatic rings. The predicted molar refractivity (Wildman–Crippen MR) is 55.3 cm³/mol. The van der Waals surface area contributed by atoms with Crippen LogP contribution in [0, 0.1) is 0 Å². The summed E-state index contributed by atoms with van der Waals surface area (Å²) < 4.78 is 4.32. The Morgan fingerprint density at radius 3 is 2.87 bits per heavy atom. The quantitative estimate of drug-likeness (QED) is 0.520. The Hall–Kier alpha value is -1.10. The molecule has 1 aliphatic rings. The number of carbonyl (C=O) groups excluding carboxylic acids is 2. The molecule has 1 amide bonds. The number of nitrogens with one attached hydrogen (secondary N) is 1. The summed E-state index contributed by atoms with van der Waals surface area (Å²) in [4.78, 5) is 24.2. The fourth-order valence-electron chi connectivity index (χ4n) is 1.92. The number of nitrogens with zero attached hydrogens (tertiary/aromatic N) is 1. The van der Waals surface area contributed by atoms with Gasteiger partial charge in [0.2, 0.25) is 0 Å². The maximum atomic E-state index is 11.1. The summed E-state index contributed by atoms with van der Waals surface area (Å²) in [5, 5.41) is 2.58. The third-order valence-corrected chi connectivity index (χ3v) is 2.77. The van der Waals surface area contributed by atoms with E-state index in [2.05, 4.69) is 21.9 Å². The topological polar surface area (TPSA) is 58.6 Å². The van der Waals surface area contributed by atoms with Gasteiger partial charge in [-0.1, -0.05) is 6.92 Å². The molecule has 1 rings (SSSR count). The van der Waals surface area contributed by atoms with E-state index in [1.165, 1.54) is 7.11 Å². The third-order valence-electron chi connectivity index (χ3n) is 2.77. The molecule has 0 aliphatic carbocycles. The summed E-state index contributed by atoms with van der Waals surface area (Å²) in [6.45, 7) is 4.69. The van der Waals surface area contributed by atoms with Crippen LogP contribution in [0.3, 0.4) is 0 Å². The van der Waals surface area contributed by atoms with E-state index in [0.29, 0.717) is 12.6 Å². The van der Waals surface area contributed by atoms with Crippen LogP contribution in [0.15, 0.2) is 0 Å². The van der Waals surface area contributed by atoms with E-state index in [1.807, 2.05) is 0 Å². The molecule has 1 heterocycles. The molecule has 0 aromatic carbocycles. The second kappa shape index (κ2) is 5.70. The number of methoxy groups -OCH3 is 1. The Morgan fingerprint density at radius 2 is 2.27 bits per heavy atom. The number of likely N-dealkylation sites (N-methyl/N-ethyl adjacent to an activating group) is 1. The molecule has 1 atom stereocenters. The van der Waals surface area contributed by atoms with E-state index < -0.39 is 11.9 Å². The van der Waals surface area contributed by atoms with Gasteiger partial charge in [-0.25, -0.2) is 4.79 Å². The Bertz CT molecular complexity index is 243. The van der Waals surface area contributed by atoms with Crippen LogP contribution in [0.25, 0.3) is 0 Å². The Kier molecular flexibility index (Phi) is 4.55. The van der Waals surface area contributed by atoms with Crippen molar-refractivity contribution < 1.29 is 14.3 Å². The lowest BCUT2D eigenvalue weighted by atomic mass is 10.2. The minimum absolute atomic E-state index is 0.364. The lowest BCUT2D eigenvalue weighted by Crippen LogP contribution is -2.42. The number of rotatable bonds is 3. The Morgan fingerprint density at radius 1 is 1.53 bits per heavy atom. The fourth-order valence-corrected chi connectivity index (χ4v) is 1.92. The molecule has 15 heavy (non-hydrogen) atoms. The lowest BCUT2D eigenvalue weighted by Gasteiger charge is -2.22. The van der Waals surface area contributed by atoms with Crippen LogP contribution >= 0.6 is 0 Å². The third kappa shape index (κ3) is 3.20. The zero-order valence-electron chi connectivity index (χ0n) is 9.28. The van der Waals surface area contributed by atoms with Gasteiger partial charge in [0.25, 0.3) is 0 Å². The van der Waals surface area contributed by atoms with Crippen molar-refractivity contribution >= 4 is 11.9 Å². The van der Waals surface area contributed by atoms with Crippen LogP contribution < -0.4 is 5.32 Å². The maximum absolute atomic E-state index is 11.1. The van der Waals surface area contributed by atoms with Crippen LogP contribution in [0.5, 0.6) is 0 Å². The first-order chi connectivity index (χ1) is 7.19. The van der Waals surface area contributed by atoms with E-state index in [4.69, 9.17) is 0 Å². The lowest BCUT2D eigenvalue weighted by molar-refractivity contribution is -0.152. The number of ether oxygens (including phenoxy) is 1. The number of amides is 1. The van der Waals surface area contributed by atoms with Crippen molar-refractivity contribution in [1.29, 1.82) is 0 Å². The molecule has 0 spiro atoms. The van der Waals surface area contributed by atoms with E-state index in [9.17, 15) is 9.59 Å². The van der Waals surface area contributed by atoms with Gasteiger partial charge in [-0.05, 0) is 25.9 Å². The SMILES string of the molecule is CCN1CCCC1CNC(=O)C(=O)OC. The van der Waals surface area contributed by atoms with Gasteiger partial charge in [0.15, 0.2) is 0 Å². The first-order valence-corrected chi connectivity index (χ1v) is 5.29. The smallest absolute Gasteiger partial charge is 0.396 e. The first kappa shape index (κ1) is 12.0. The van der Waals surface area contributed by atoms with Crippen molar-refractivity contribution in [3.63, 3.8) is 0 Å². The van der Waals surface area contributed by atoms with Crippen molar-refractivity contribution in [3.05, 3.63) is 0 Å². The predicted octanol–water partition coefficient (Wildman–Crippen LogP) is -0.240. The molecule has 0 bridgehead atoms. The van der Waals surface area contributed by atoms with Gasteiger partial charge in [-0.2, -0.15) is 0 Å². The van der Waals surface area contributed by atoms with Crippen LogP contribution in [0.1, 0.15) is 19.8 Å². The monoisotopic (exact) mass is 214 g/mol. The van der Waals surface area contributed by atoms with Crippen molar-refractivity contribution in [1.82, 2.24) is 10.2 Å². The summed E-state index contributed by atoms with van der Waals surface area (Å²) in [5.41, 5.74) is 0. The van der Waals surface area contributed by atoms with Gasteiger partial charge >= 0.3 is 11.9 Å². The van der Waals surface area contributed by atoms with E-state index in [-0.39, 0.29) is 0 Å². The summed E-state index contributed by atoms with van der Waals surface area (Å²) in [6.07, 6.45) is 2.24. The molecule has 1 unspecified atom stereocenters. The highest BCUT2D eigenvalue weighted by atomic mass is 16.5. The number of hydrogen-bond donors (Lipinski definition) is 1. The number of likely N-dealkylation sites (tertiary alicyclic amines) is 1. The summed E-state index contributed by atoms with van der Waals surface area (Å²) in [7, 11) is 1.20. The standard InChI is InChI=1S/C10H18N2O3/c1-3-12-6-4-5-8(12)7-11-9(13)10(14)15-2/h8H,3-7H2,1-2H3,(H,11,13). The van der Waals surface area contributed by atoms with Gasteiger partial charge in [0, 0.05) is 12.6 Å². The molecule has 5 heteroatoms. The van der Waals surface area contributed by atoms with Gasteiger partial charge < -0.3 is 10.1 Å². The molecule has 1 N–H and O–H groups in total. The highest BCUT2D eigenvalue weighted by Crippen LogP contribution is 2.15. The Balaban J connectivity index is 2.30. The Labute approximate surface area is 89.8 Å². The highest BCUT2D eigenvalue weighted by Gasteiger charge is 2.24. The first-order valence-electron chi connectivity index (χ1n) is 5.29. The molecule has 1 fully saturated rings. The minimum Gasteiger partial charge on any atom is -0.462 e. The second-order valence-electron chi connectivity index (χ2n) is 3.63. The molecule has 1 saturated heterocycles. The van der Waals surface area contributed by atoms with Gasteiger partial charge in [0.05, 0.1) is 7.11 Å². The van der Waals surface area contributed by atoms with Crippen LogP contribution in [0.4, 0.5) is 0 Å². The molecule has 5 nitrogen and oxygen atoms in total. The fraction of sp³-hybridized carbons (Fsp3) is 0.800. The van der Waals surface area contributed by atoms with Crippen LogP contribution in [-0.4, -0.2) is 49.6 Å². The summed E-state index contributed by atoms with van der Waals surface area (Å²) >= 11 is 0. The van der Waals surface area contributed by atoms with E-state index >= 15 is 0 Å². The largest absolute Gasteiger partial charge is 0.462 e. The molecular formula is C10H18N2O3. The maximum Gasteiger partial charge on any atom is 0.396 e. The van der Waals surface area contributed by atoms with Gasteiger partial charge in [-0.15, -0.1) is 0 Å². The molecule has 0 radical (unpaired) electrons. The van der Waals surface area contributed by atoms with Crippen molar-refractivity contribution in [3.8, 4) is 0 Å². The highest BCUT2D eigenvalue weighted by molar-refractivity contribution is 6.32. The molecule has 0 saturated carbocycles. The molecule has 0 aromatic heterocycles. The van der Waals surface area contributed by atoms with Gasteiger partial charge in [0.1, 0.15) is 0 Å². The van der Waals surface area contributed by atoms with Gasteiger partial charge in [-0.3, -0.25) is 9.69 Å². The summed E-state index contributed by atoms with van der Waals surface area (Å²) in [6, 6.07) is 0.364. The molecule has 86 valence electrons. The van der Waals surface area contributed by atoms with Crippen molar-refractivity contribution in [2.75, 3.05) is 26.7 Å². The molecular weight excluding hydrogens is 196 g/mol. The number of esters is 1. The van der Waals surface area contributed by atoms with Crippen molar-refractivity contribution in [2.45, 2.75) is 25.8 Å². The normalized spacial score (nSPS) is 21.3. The summed E-state index contributed by atoms with van der Waals surface area (Å²) in [5.74, 6) is -1.48. The van der Waals surface area contributed by atoms with Crippen molar-refractivity contribution in [2.24, 2.45) is 0 Å². The number of hydrogen-bond acceptors (Lipinski definition) is 4. The van der Waals surface area contributed by atoms with E-state index in [1.54, 1.807) is 0 Å². The second-order valence-corrected chi connectivity index (χ2v) is 3.63. The average Bonchev–Trinajstić information content (AvgIpc) is 2.71. The minimum atomic E-state index is -0.823. The molecule has 1 aliphatic heterocycles. The van der Waals surface area contributed by atoms with Crippen LogP contribution in [-0.2, 0) is 14.3 Å².